The Morgan fingerprint density at radius 1 is 0.958 bits per heavy atom. The van der Waals surface area contributed by atoms with E-state index in [4.69, 9.17) is 0 Å². The van der Waals surface area contributed by atoms with Gasteiger partial charge in [-0.25, -0.2) is 0 Å². The highest BCUT2D eigenvalue weighted by atomic mass is 15.3. The molecule has 0 aromatic heterocycles. The molecule has 1 heterocycles. The molecule has 2 unspecified atom stereocenters. The van der Waals surface area contributed by atoms with Crippen molar-refractivity contribution in [2.45, 2.75) is 65.8 Å². The number of hydrogen-bond donors (Lipinski definition) is 0. The van der Waals surface area contributed by atoms with Crippen LogP contribution >= 0.6 is 0 Å². The molecule has 2 fully saturated rings. The number of aryl methyl sites for hydroxylation is 1. The zero-order chi connectivity index (χ0) is 17.2. The Morgan fingerprint density at radius 3 is 2.17 bits per heavy atom. The first kappa shape index (κ1) is 17.8. The molecule has 0 amide bonds. The van der Waals surface area contributed by atoms with E-state index in [1.165, 1.54) is 69.5 Å². The average Bonchev–Trinajstić information content (AvgIpc) is 3.13. The number of piperazine rings is 1. The van der Waals surface area contributed by atoms with Gasteiger partial charge in [-0.1, -0.05) is 51.3 Å². The van der Waals surface area contributed by atoms with E-state index in [9.17, 15) is 0 Å². The van der Waals surface area contributed by atoms with Gasteiger partial charge in [0.2, 0.25) is 0 Å². The number of benzene rings is 1. The molecule has 1 saturated carbocycles. The molecule has 1 aliphatic heterocycles. The van der Waals surface area contributed by atoms with Gasteiger partial charge in [-0.15, -0.1) is 0 Å². The van der Waals surface area contributed by atoms with Crippen LogP contribution in [0.2, 0.25) is 0 Å². The standard InChI is InChI=1S/C22H36N2/c1-5-22(4,6-2)19-9-12-21(17-19)24-15-13-23(14-16-24)20-10-7-18(3)8-11-20/h7-8,10-11,19,21H,5-6,9,12-17H2,1-4H3. The molecule has 2 aliphatic rings. The summed E-state index contributed by atoms with van der Waals surface area (Å²) in [5, 5.41) is 0. The lowest BCUT2D eigenvalue weighted by Crippen LogP contribution is -2.50. The Labute approximate surface area is 149 Å². The van der Waals surface area contributed by atoms with Gasteiger partial charge in [-0.3, -0.25) is 4.90 Å². The lowest BCUT2D eigenvalue weighted by atomic mass is 9.72. The van der Waals surface area contributed by atoms with E-state index >= 15 is 0 Å². The van der Waals surface area contributed by atoms with Crippen LogP contribution in [-0.2, 0) is 0 Å². The minimum Gasteiger partial charge on any atom is -0.369 e. The van der Waals surface area contributed by atoms with E-state index in [1.807, 2.05) is 0 Å². The van der Waals surface area contributed by atoms with Gasteiger partial charge in [-0.2, -0.15) is 0 Å². The van der Waals surface area contributed by atoms with Crippen molar-refractivity contribution in [1.29, 1.82) is 0 Å². The summed E-state index contributed by atoms with van der Waals surface area (Å²) in [4.78, 5) is 5.35. The predicted octanol–water partition coefficient (Wildman–Crippen LogP) is 5.11. The minimum absolute atomic E-state index is 0.568. The van der Waals surface area contributed by atoms with Crippen molar-refractivity contribution in [1.82, 2.24) is 4.90 Å². The summed E-state index contributed by atoms with van der Waals surface area (Å²) in [5.41, 5.74) is 3.32. The normalized spacial score (nSPS) is 26.1. The zero-order valence-corrected chi connectivity index (χ0v) is 16.2. The summed E-state index contributed by atoms with van der Waals surface area (Å²) in [6.45, 7) is 14.3. The van der Waals surface area contributed by atoms with Crippen LogP contribution in [0.4, 0.5) is 5.69 Å². The van der Waals surface area contributed by atoms with Crippen LogP contribution in [0.15, 0.2) is 24.3 Å². The molecular weight excluding hydrogens is 292 g/mol. The van der Waals surface area contributed by atoms with Crippen molar-refractivity contribution >= 4 is 5.69 Å². The minimum atomic E-state index is 0.568. The van der Waals surface area contributed by atoms with Gasteiger partial charge in [0, 0.05) is 37.9 Å². The highest BCUT2D eigenvalue weighted by Gasteiger charge is 2.39. The Bertz CT molecular complexity index is 509. The van der Waals surface area contributed by atoms with E-state index in [0.29, 0.717) is 5.41 Å². The van der Waals surface area contributed by atoms with Crippen LogP contribution < -0.4 is 4.90 Å². The van der Waals surface area contributed by atoms with Crippen LogP contribution in [0.3, 0.4) is 0 Å². The van der Waals surface area contributed by atoms with Gasteiger partial charge >= 0.3 is 0 Å². The molecule has 2 atom stereocenters. The molecule has 1 aromatic rings. The van der Waals surface area contributed by atoms with Gasteiger partial charge in [0.1, 0.15) is 0 Å². The van der Waals surface area contributed by atoms with Crippen LogP contribution in [-0.4, -0.2) is 37.1 Å². The summed E-state index contributed by atoms with van der Waals surface area (Å²) < 4.78 is 0. The Kier molecular flexibility index (Phi) is 5.54. The highest BCUT2D eigenvalue weighted by molar-refractivity contribution is 5.47. The van der Waals surface area contributed by atoms with Crippen molar-refractivity contribution in [3.63, 3.8) is 0 Å². The third-order valence-corrected chi connectivity index (χ3v) is 7.24. The van der Waals surface area contributed by atoms with Crippen molar-refractivity contribution < 1.29 is 0 Å². The monoisotopic (exact) mass is 328 g/mol. The second-order valence-corrected chi connectivity index (χ2v) is 8.38. The molecule has 0 bridgehead atoms. The van der Waals surface area contributed by atoms with E-state index in [-0.39, 0.29) is 0 Å². The fourth-order valence-electron chi connectivity index (χ4n) is 4.85. The van der Waals surface area contributed by atoms with Crippen LogP contribution in [0.5, 0.6) is 0 Å². The van der Waals surface area contributed by atoms with E-state index in [1.54, 1.807) is 0 Å². The third kappa shape index (κ3) is 3.64. The van der Waals surface area contributed by atoms with Gasteiger partial charge in [0.25, 0.3) is 0 Å². The topological polar surface area (TPSA) is 6.48 Å². The van der Waals surface area contributed by atoms with Crippen LogP contribution in [0.1, 0.15) is 58.4 Å². The highest BCUT2D eigenvalue weighted by Crippen LogP contribution is 2.45. The molecule has 24 heavy (non-hydrogen) atoms. The molecule has 134 valence electrons. The number of hydrogen-bond acceptors (Lipinski definition) is 2. The quantitative estimate of drug-likeness (QED) is 0.741. The van der Waals surface area contributed by atoms with E-state index in [0.717, 1.165) is 12.0 Å². The van der Waals surface area contributed by atoms with Gasteiger partial charge in [0.15, 0.2) is 0 Å². The first-order chi connectivity index (χ1) is 11.6. The molecule has 2 nitrogen and oxygen atoms in total. The third-order valence-electron chi connectivity index (χ3n) is 7.24. The molecule has 1 saturated heterocycles. The van der Waals surface area contributed by atoms with Crippen molar-refractivity contribution in [2.24, 2.45) is 11.3 Å². The summed E-state index contributed by atoms with van der Waals surface area (Å²) in [6, 6.07) is 9.88. The van der Waals surface area contributed by atoms with Crippen molar-refractivity contribution in [3.05, 3.63) is 29.8 Å². The molecule has 0 spiro atoms. The Balaban J connectivity index is 1.53. The summed E-state index contributed by atoms with van der Waals surface area (Å²) >= 11 is 0. The van der Waals surface area contributed by atoms with Gasteiger partial charge in [0.05, 0.1) is 0 Å². The van der Waals surface area contributed by atoms with Crippen LogP contribution in [0.25, 0.3) is 0 Å². The second-order valence-electron chi connectivity index (χ2n) is 8.38. The maximum absolute atomic E-state index is 2.79. The SMILES string of the molecule is CCC(C)(CC)C1CCC(N2CCN(c3ccc(C)cc3)CC2)C1. The smallest absolute Gasteiger partial charge is 0.0367 e. The van der Waals surface area contributed by atoms with Crippen LogP contribution in [0, 0.1) is 18.3 Å². The zero-order valence-electron chi connectivity index (χ0n) is 16.2. The fraction of sp³-hybridized carbons (Fsp3) is 0.727. The molecule has 3 rings (SSSR count). The lowest BCUT2D eigenvalue weighted by molar-refractivity contribution is 0.142. The largest absolute Gasteiger partial charge is 0.369 e. The summed E-state index contributed by atoms with van der Waals surface area (Å²) in [7, 11) is 0. The van der Waals surface area contributed by atoms with Crippen molar-refractivity contribution in [2.75, 3.05) is 31.1 Å². The molecule has 1 aliphatic carbocycles. The summed E-state index contributed by atoms with van der Waals surface area (Å²) in [6.07, 6.45) is 6.97. The Morgan fingerprint density at radius 2 is 1.58 bits per heavy atom. The number of rotatable bonds is 5. The fourth-order valence-corrected chi connectivity index (χ4v) is 4.85. The maximum atomic E-state index is 2.79. The molecule has 0 N–H and O–H groups in total. The first-order valence-corrected chi connectivity index (χ1v) is 10.1. The molecule has 2 heteroatoms. The number of nitrogens with zero attached hydrogens (tertiary/aromatic N) is 2. The first-order valence-electron chi connectivity index (χ1n) is 10.1. The van der Waals surface area contributed by atoms with E-state index in [2.05, 4.69) is 61.8 Å². The Hall–Kier alpha value is -1.02. The van der Waals surface area contributed by atoms with Gasteiger partial charge < -0.3 is 4.90 Å². The predicted molar refractivity (Wildman–Crippen MR) is 105 cm³/mol. The van der Waals surface area contributed by atoms with Gasteiger partial charge in [-0.05, 0) is 49.7 Å². The number of anilines is 1. The molecular formula is C22H36N2. The maximum Gasteiger partial charge on any atom is 0.0367 e. The van der Waals surface area contributed by atoms with Crippen molar-refractivity contribution in [3.8, 4) is 0 Å². The molecule has 0 radical (unpaired) electrons. The lowest BCUT2D eigenvalue weighted by Gasteiger charge is -2.40. The average molecular weight is 329 g/mol. The molecule has 1 aromatic carbocycles. The van der Waals surface area contributed by atoms with E-state index < -0.39 is 0 Å². The second kappa shape index (κ2) is 7.47. The summed E-state index contributed by atoms with van der Waals surface area (Å²) in [5.74, 6) is 0.938.